The molecule has 7 nitrogen and oxygen atoms in total. The van der Waals surface area contributed by atoms with Crippen LogP contribution in [-0.2, 0) is 11.3 Å². The van der Waals surface area contributed by atoms with Crippen molar-refractivity contribution in [1.29, 1.82) is 0 Å². The predicted octanol–water partition coefficient (Wildman–Crippen LogP) is 1.34. The van der Waals surface area contributed by atoms with Crippen molar-refractivity contribution in [3.05, 3.63) is 23.9 Å². The second-order valence-corrected chi connectivity index (χ2v) is 5.61. The molecular formula is C15H21N3O4. The Morgan fingerprint density at radius 1 is 1.50 bits per heavy atom. The third-order valence-corrected chi connectivity index (χ3v) is 3.77. The SMILES string of the molecule is COc1ncccc1CNC(=O)N1CC(C)CC(C(=O)O)C1. The summed E-state index contributed by atoms with van der Waals surface area (Å²) in [5, 5.41) is 11.9. The van der Waals surface area contributed by atoms with Crippen molar-refractivity contribution in [2.45, 2.75) is 19.9 Å². The van der Waals surface area contributed by atoms with E-state index in [1.54, 1.807) is 17.2 Å². The van der Waals surface area contributed by atoms with Gasteiger partial charge in [-0.05, 0) is 18.4 Å². The van der Waals surface area contributed by atoms with Gasteiger partial charge in [-0.1, -0.05) is 13.0 Å². The lowest BCUT2D eigenvalue weighted by Crippen LogP contribution is -2.49. The monoisotopic (exact) mass is 307 g/mol. The van der Waals surface area contributed by atoms with Gasteiger partial charge in [-0.2, -0.15) is 0 Å². The Hall–Kier alpha value is -2.31. The quantitative estimate of drug-likeness (QED) is 0.876. The molecule has 22 heavy (non-hydrogen) atoms. The van der Waals surface area contributed by atoms with Gasteiger partial charge in [0.25, 0.3) is 0 Å². The van der Waals surface area contributed by atoms with Crippen LogP contribution in [0.4, 0.5) is 4.79 Å². The van der Waals surface area contributed by atoms with E-state index in [4.69, 9.17) is 9.84 Å². The average molecular weight is 307 g/mol. The van der Waals surface area contributed by atoms with Crippen molar-refractivity contribution in [2.24, 2.45) is 11.8 Å². The second-order valence-electron chi connectivity index (χ2n) is 5.61. The number of piperidine rings is 1. The van der Waals surface area contributed by atoms with Gasteiger partial charge in [-0.25, -0.2) is 9.78 Å². The number of nitrogens with one attached hydrogen (secondary N) is 1. The van der Waals surface area contributed by atoms with E-state index in [0.717, 1.165) is 5.56 Å². The van der Waals surface area contributed by atoms with Crippen molar-refractivity contribution in [3.63, 3.8) is 0 Å². The van der Waals surface area contributed by atoms with Gasteiger partial charge >= 0.3 is 12.0 Å². The van der Waals surface area contributed by atoms with Crippen LogP contribution in [0.1, 0.15) is 18.9 Å². The summed E-state index contributed by atoms with van der Waals surface area (Å²) >= 11 is 0. The van der Waals surface area contributed by atoms with Crippen LogP contribution in [0.25, 0.3) is 0 Å². The van der Waals surface area contributed by atoms with E-state index in [9.17, 15) is 9.59 Å². The number of aromatic nitrogens is 1. The molecule has 2 heterocycles. The summed E-state index contributed by atoms with van der Waals surface area (Å²) < 4.78 is 5.13. The Morgan fingerprint density at radius 2 is 2.27 bits per heavy atom. The number of amides is 2. The minimum absolute atomic E-state index is 0.175. The summed E-state index contributed by atoms with van der Waals surface area (Å²) in [7, 11) is 1.53. The number of hydrogen-bond acceptors (Lipinski definition) is 4. The molecule has 1 saturated heterocycles. The summed E-state index contributed by atoms with van der Waals surface area (Å²) in [6.07, 6.45) is 2.23. The van der Waals surface area contributed by atoms with Crippen molar-refractivity contribution >= 4 is 12.0 Å². The largest absolute Gasteiger partial charge is 0.481 e. The van der Waals surface area contributed by atoms with Gasteiger partial charge in [0.15, 0.2) is 0 Å². The molecule has 7 heteroatoms. The number of rotatable bonds is 4. The Balaban J connectivity index is 1.95. The lowest BCUT2D eigenvalue weighted by Gasteiger charge is -2.34. The molecule has 2 atom stereocenters. The van der Waals surface area contributed by atoms with E-state index in [-0.39, 0.29) is 18.5 Å². The molecule has 0 saturated carbocycles. The average Bonchev–Trinajstić information content (AvgIpc) is 2.52. The maximum Gasteiger partial charge on any atom is 0.317 e. The van der Waals surface area contributed by atoms with E-state index in [2.05, 4.69) is 10.3 Å². The molecule has 120 valence electrons. The summed E-state index contributed by atoms with van der Waals surface area (Å²) in [5.74, 6) is -0.701. The number of aliphatic carboxylic acids is 1. The molecule has 2 unspecified atom stereocenters. The van der Waals surface area contributed by atoms with E-state index in [1.165, 1.54) is 7.11 Å². The Morgan fingerprint density at radius 3 is 2.95 bits per heavy atom. The number of pyridine rings is 1. The van der Waals surface area contributed by atoms with E-state index in [1.807, 2.05) is 13.0 Å². The molecule has 1 fully saturated rings. The first-order valence-electron chi connectivity index (χ1n) is 7.24. The van der Waals surface area contributed by atoms with Crippen LogP contribution in [0, 0.1) is 11.8 Å². The molecule has 1 aromatic rings. The van der Waals surface area contributed by atoms with Gasteiger partial charge in [0.1, 0.15) is 0 Å². The molecule has 2 amide bonds. The number of hydrogen-bond donors (Lipinski definition) is 2. The normalized spacial score (nSPS) is 21.3. The van der Waals surface area contributed by atoms with Crippen molar-refractivity contribution in [2.75, 3.05) is 20.2 Å². The first-order valence-corrected chi connectivity index (χ1v) is 7.24. The first kappa shape index (κ1) is 16.1. The van der Waals surface area contributed by atoms with Crippen LogP contribution >= 0.6 is 0 Å². The maximum absolute atomic E-state index is 12.2. The number of carboxylic acid groups (broad SMARTS) is 1. The number of ether oxygens (including phenoxy) is 1. The fourth-order valence-electron chi connectivity index (χ4n) is 2.72. The Kier molecular flexibility index (Phi) is 5.19. The number of likely N-dealkylation sites (tertiary alicyclic amines) is 1. The van der Waals surface area contributed by atoms with Gasteiger partial charge < -0.3 is 20.1 Å². The lowest BCUT2D eigenvalue weighted by atomic mass is 9.91. The minimum atomic E-state index is -0.849. The highest BCUT2D eigenvalue weighted by Crippen LogP contribution is 2.22. The fraction of sp³-hybridized carbons (Fsp3) is 0.533. The molecule has 0 bridgehead atoms. The van der Waals surface area contributed by atoms with Crippen molar-refractivity contribution < 1.29 is 19.4 Å². The van der Waals surface area contributed by atoms with Crippen LogP contribution in [0.5, 0.6) is 5.88 Å². The smallest absolute Gasteiger partial charge is 0.317 e. The number of carbonyl (C=O) groups excluding carboxylic acids is 1. The predicted molar refractivity (Wildman–Crippen MR) is 79.5 cm³/mol. The van der Waals surface area contributed by atoms with E-state index >= 15 is 0 Å². The molecule has 0 aromatic carbocycles. The van der Waals surface area contributed by atoms with Gasteiger partial charge in [-0.15, -0.1) is 0 Å². The minimum Gasteiger partial charge on any atom is -0.481 e. The van der Waals surface area contributed by atoms with Crippen LogP contribution < -0.4 is 10.1 Å². The van der Waals surface area contributed by atoms with Gasteiger partial charge in [0, 0.05) is 31.4 Å². The van der Waals surface area contributed by atoms with Gasteiger partial charge in [0.05, 0.1) is 13.0 Å². The summed E-state index contributed by atoms with van der Waals surface area (Å²) in [4.78, 5) is 29.0. The second kappa shape index (κ2) is 7.11. The van der Waals surface area contributed by atoms with Gasteiger partial charge in [-0.3, -0.25) is 4.79 Å². The zero-order valence-electron chi connectivity index (χ0n) is 12.8. The van der Waals surface area contributed by atoms with E-state index < -0.39 is 11.9 Å². The molecule has 0 spiro atoms. The molecule has 1 aromatic heterocycles. The molecule has 1 aliphatic rings. The van der Waals surface area contributed by atoms with Crippen molar-refractivity contribution in [1.82, 2.24) is 15.2 Å². The summed E-state index contributed by atoms with van der Waals surface area (Å²) in [5.41, 5.74) is 0.776. The van der Waals surface area contributed by atoms with Crippen LogP contribution in [-0.4, -0.2) is 47.2 Å². The Labute approximate surface area is 129 Å². The number of carboxylic acids is 1. The number of nitrogens with zero attached hydrogens (tertiary/aromatic N) is 2. The highest BCUT2D eigenvalue weighted by molar-refractivity contribution is 5.76. The zero-order chi connectivity index (χ0) is 16.1. The Bertz CT molecular complexity index is 549. The van der Waals surface area contributed by atoms with Gasteiger partial charge in [0.2, 0.25) is 5.88 Å². The molecule has 2 N–H and O–H groups in total. The number of methoxy groups -OCH3 is 1. The molecule has 0 aliphatic carbocycles. The fourth-order valence-corrected chi connectivity index (χ4v) is 2.72. The number of urea groups is 1. The standard InChI is InChI=1S/C15H21N3O4/c1-10-6-12(14(19)20)9-18(8-10)15(21)17-7-11-4-3-5-16-13(11)22-2/h3-5,10,12H,6-9H2,1-2H3,(H,17,21)(H,19,20). The first-order chi connectivity index (χ1) is 10.5. The number of carbonyl (C=O) groups is 2. The third-order valence-electron chi connectivity index (χ3n) is 3.77. The highest BCUT2D eigenvalue weighted by atomic mass is 16.5. The zero-order valence-corrected chi connectivity index (χ0v) is 12.8. The van der Waals surface area contributed by atoms with E-state index in [0.29, 0.717) is 25.4 Å². The topological polar surface area (TPSA) is 91.8 Å². The molecule has 1 aliphatic heterocycles. The lowest BCUT2D eigenvalue weighted by molar-refractivity contribution is -0.143. The maximum atomic E-state index is 12.2. The van der Waals surface area contributed by atoms with Crippen LogP contribution in [0.15, 0.2) is 18.3 Å². The third kappa shape index (κ3) is 3.87. The molecule has 2 rings (SSSR count). The highest BCUT2D eigenvalue weighted by Gasteiger charge is 2.31. The summed E-state index contributed by atoms with van der Waals surface area (Å²) in [6, 6.07) is 3.34. The summed E-state index contributed by atoms with van der Waals surface area (Å²) in [6.45, 7) is 3.06. The van der Waals surface area contributed by atoms with Crippen molar-refractivity contribution in [3.8, 4) is 5.88 Å². The molecule has 0 radical (unpaired) electrons. The van der Waals surface area contributed by atoms with Crippen LogP contribution in [0.3, 0.4) is 0 Å². The van der Waals surface area contributed by atoms with Crippen LogP contribution in [0.2, 0.25) is 0 Å². The molecular weight excluding hydrogens is 286 g/mol.